The molecule has 10 heteroatoms. The number of benzene rings is 1. The molecule has 0 saturated carbocycles. The van der Waals surface area contributed by atoms with Crippen molar-refractivity contribution in [2.24, 2.45) is 0 Å². The number of pyridine rings is 1. The van der Waals surface area contributed by atoms with Crippen molar-refractivity contribution < 1.29 is 14.6 Å². The Morgan fingerprint density at radius 3 is 2.56 bits per heavy atom. The molecule has 2 aromatic heterocycles. The van der Waals surface area contributed by atoms with Crippen LogP contribution in [0.2, 0.25) is 0 Å². The van der Waals surface area contributed by atoms with E-state index in [2.05, 4.69) is 26.6 Å². The molecular formula is C29H35N7O3. The Kier molecular flexibility index (Phi) is 8.14. The fourth-order valence-electron chi connectivity index (χ4n) is 4.07. The second-order valence-corrected chi connectivity index (χ2v) is 10.9. The van der Waals surface area contributed by atoms with E-state index in [1.165, 1.54) is 0 Å². The third-order valence-electron chi connectivity index (χ3n) is 6.61. The molecule has 0 aliphatic carbocycles. The van der Waals surface area contributed by atoms with Gasteiger partial charge in [0.1, 0.15) is 5.82 Å². The Morgan fingerprint density at radius 2 is 1.87 bits per heavy atom. The lowest BCUT2D eigenvalue weighted by atomic mass is 9.90. The van der Waals surface area contributed by atoms with Gasteiger partial charge in [-0.3, -0.25) is 9.78 Å². The Morgan fingerprint density at radius 1 is 1.13 bits per heavy atom. The quantitative estimate of drug-likeness (QED) is 0.396. The monoisotopic (exact) mass is 529 g/mol. The van der Waals surface area contributed by atoms with E-state index in [4.69, 9.17) is 14.7 Å². The molecule has 3 heterocycles. The van der Waals surface area contributed by atoms with Crippen LogP contribution in [0, 0.1) is 18.3 Å². The normalized spacial score (nSPS) is 14.0. The van der Waals surface area contributed by atoms with E-state index in [0.29, 0.717) is 54.9 Å². The lowest BCUT2D eigenvalue weighted by Gasteiger charge is -2.29. The first-order valence-corrected chi connectivity index (χ1v) is 12.9. The molecule has 1 aliphatic heterocycles. The third kappa shape index (κ3) is 6.69. The van der Waals surface area contributed by atoms with E-state index in [-0.39, 0.29) is 12.5 Å². The van der Waals surface area contributed by atoms with Crippen LogP contribution in [0.1, 0.15) is 49.3 Å². The molecular weight excluding hydrogens is 494 g/mol. The predicted molar refractivity (Wildman–Crippen MR) is 151 cm³/mol. The number of hydrogen-bond donors (Lipinski definition) is 3. The fourth-order valence-corrected chi connectivity index (χ4v) is 4.07. The maximum atomic E-state index is 13.1. The van der Waals surface area contributed by atoms with Gasteiger partial charge in [0.2, 0.25) is 5.95 Å². The Bertz CT molecular complexity index is 1390. The maximum absolute atomic E-state index is 13.1. The molecule has 1 fully saturated rings. The number of anilines is 3. The summed E-state index contributed by atoms with van der Waals surface area (Å²) in [5.74, 6) is 0.870. The summed E-state index contributed by atoms with van der Waals surface area (Å²) in [5.41, 5.74) is 2.65. The van der Waals surface area contributed by atoms with Crippen LogP contribution in [-0.2, 0) is 10.2 Å². The first kappa shape index (κ1) is 28.0. The first-order chi connectivity index (χ1) is 18.5. The van der Waals surface area contributed by atoms with Crippen molar-refractivity contribution in [3.63, 3.8) is 0 Å². The Labute approximate surface area is 229 Å². The summed E-state index contributed by atoms with van der Waals surface area (Å²) in [6, 6.07) is 13.1. The zero-order valence-electron chi connectivity index (χ0n) is 23.1. The molecule has 0 bridgehead atoms. The van der Waals surface area contributed by atoms with E-state index in [1.54, 1.807) is 32.2 Å². The first-order valence-electron chi connectivity index (χ1n) is 12.9. The largest absolute Gasteiger partial charge is 0.394 e. The van der Waals surface area contributed by atoms with Crippen LogP contribution in [0.15, 0.2) is 42.6 Å². The van der Waals surface area contributed by atoms with Crippen LogP contribution in [0.3, 0.4) is 0 Å². The summed E-state index contributed by atoms with van der Waals surface area (Å²) in [4.78, 5) is 29.0. The van der Waals surface area contributed by atoms with E-state index in [9.17, 15) is 15.2 Å². The molecule has 10 nitrogen and oxygen atoms in total. The number of aryl methyl sites for hydroxylation is 1. The van der Waals surface area contributed by atoms with Gasteiger partial charge in [0, 0.05) is 42.2 Å². The number of carbonyl (C=O) groups excluding carboxylic acids is 1. The molecule has 1 amide bonds. The number of hydrogen-bond acceptors (Lipinski definition) is 9. The average Bonchev–Trinajstić information content (AvgIpc) is 2.94. The topological polar surface area (TPSA) is 136 Å². The summed E-state index contributed by atoms with van der Waals surface area (Å²) in [6.07, 6.45) is 1.54. The van der Waals surface area contributed by atoms with E-state index in [1.807, 2.05) is 45.0 Å². The third-order valence-corrected chi connectivity index (χ3v) is 6.61. The van der Waals surface area contributed by atoms with Crippen LogP contribution < -0.4 is 15.5 Å². The average molecular weight is 530 g/mol. The fraction of sp³-hybridized carbons (Fsp3) is 0.414. The molecule has 1 saturated heterocycles. The van der Waals surface area contributed by atoms with Crippen molar-refractivity contribution in [2.75, 3.05) is 48.4 Å². The lowest BCUT2D eigenvalue weighted by molar-refractivity contribution is 0.102. The summed E-state index contributed by atoms with van der Waals surface area (Å²) in [7, 11) is 0. The lowest BCUT2D eigenvalue weighted by Crippen LogP contribution is -2.38. The van der Waals surface area contributed by atoms with Gasteiger partial charge in [0.05, 0.1) is 48.2 Å². The van der Waals surface area contributed by atoms with E-state index >= 15 is 0 Å². The van der Waals surface area contributed by atoms with Crippen molar-refractivity contribution in [3.05, 3.63) is 59.4 Å². The molecule has 1 aliphatic rings. The number of nitrogens with zero attached hydrogens (tertiary/aromatic N) is 5. The molecule has 0 radical (unpaired) electrons. The van der Waals surface area contributed by atoms with Gasteiger partial charge in [-0.1, -0.05) is 6.07 Å². The summed E-state index contributed by atoms with van der Waals surface area (Å²) in [5, 5.41) is 25.4. The molecule has 0 atom stereocenters. The molecule has 3 aromatic rings. The minimum atomic E-state index is -0.811. The van der Waals surface area contributed by atoms with Crippen molar-refractivity contribution in [1.29, 1.82) is 5.26 Å². The number of rotatable bonds is 8. The van der Waals surface area contributed by atoms with Crippen LogP contribution >= 0.6 is 0 Å². The predicted octanol–water partition coefficient (Wildman–Crippen LogP) is 3.92. The highest BCUT2D eigenvalue weighted by molar-refractivity contribution is 6.04. The smallest absolute Gasteiger partial charge is 0.255 e. The minimum Gasteiger partial charge on any atom is -0.394 e. The summed E-state index contributed by atoms with van der Waals surface area (Å²) >= 11 is 0. The van der Waals surface area contributed by atoms with Crippen LogP contribution in [0.25, 0.3) is 11.3 Å². The number of ether oxygens (including phenoxy) is 1. The second kappa shape index (κ2) is 11.4. The van der Waals surface area contributed by atoms with Gasteiger partial charge in [0.25, 0.3) is 5.91 Å². The van der Waals surface area contributed by atoms with Gasteiger partial charge in [-0.15, -0.1) is 0 Å². The molecule has 4 rings (SSSR count). The SMILES string of the molecule is Cc1ccc(NC(=O)c2ccnc(C(C)(C)C#N)c2)cc1-c1cc(N2CCOCC2)nc(NC(C)(C)CO)n1. The van der Waals surface area contributed by atoms with Gasteiger partial charge in [-0.2, -0.15) is 10.2 Å². The van der Waals surface area contributed by atoms with E-state index < -0.39 is 11.0 Å². The number of amides is 1. The van der Waals surface area contributed by atoms with Crippen LogP contribution in [-0.4, -0.2) is 64.4 Å². The van der Waals surface area contributed by atoms with Gasteiger partial charge < -0.3 is 25.4 Å². The van der Waals surface area contributed by atoms with Crippen LogP contribution in [0.5, 0.6) is 0 Å². The minimum absolute atomic E-state index is 0.0870. The second-order valence-electron chi connectivity index (χ2n) is 10.9. The van der Waals surface area contributed by atoms with Crippen LogP contribution in [0.4, 0.5) is 17.5 Å². The van der Waals surface area contributed by atoms with Crippen molar-refractivity contribution >= 4 is 23.4 Å². The van der Waals surface area contributed by atoms with Gasteiger partial charge in [0.15, 0.2) is 0 Å². The maximum Gasteiger partial charge on any atom is 0.255 e. The van der Waals surface area contributed by atoms with Gasteiger partial charge in [-0.05, 0) is 64.4 Å². The highest BCUT2D eigenvalue weighted by Gasteiger charge is 2.24. The van der Waals surface area contributed by atoms with Crippen molar-refractivity contribution in [3.8, 4) is 17.3 Å². The zero-order chi connectivity index (χ0) is 28.2. The molecule has 0 unspecified atom stereocenters. The number of nitriles is 1. The van der Waals surface area contributed by atoms with Crippen molar-refractivity contribution in [2.45, 2.75) is 45.6 Å². The standard InChI is InChI=1S/C29H35N7O3/c1-19-6-7-21(32-26(38)20-8-9-31-24(14-20)28(2,3)17-30)15-22(19)23-16-25(36-10-12-39-13-11-36)34-27(33-23)35-29(4,5)18-37/h6-9,14-16,37H,10-13,18H2,1-5H3,(H,32,38)(H,33,34,35). The molecule has 1 aromatic carbocycles. The number of carbonyl (C=O) groups is 1. The molecule has 39 heavy (non-hydrogen) atoms. The molecule has 204 valence electrons. The van der Waals surface area contributed by atoms with Crippen molar-refractivity contribution in [1.82, 2.24) is 15.0 Å². The molecule has 3 N–H and O–H groups in total. The van der Waals surface area contributed by atoms with E-state index in [0.717, 1.165) is 16.9 Å². The Hall–Kier alpha value is -4.07. The van der Waals surface area contributed by atoms with Gasteiger partial charge >= 0.3 is 0 Å². The summed E-state index contributed by atoms with van der Waals surface area (Å²) in [6.45, 7) is 11.8. The zero-order valence-corrected chi connectivity index (χ0v) is 23.1. The number of aliphatic hydroxyl groups excluding tert-OH is 1. The van der Waals surface area contributed by atoms with Gasteiger partial charge in [-0.25, -0.2) is 4.98 Å². The highest BCUT2D eigenvalue weighted by atomic mass is 16.5. The highest BCUT2D eigenvalue weighted by Crippen LogP contribution is 2.30. The number of nitrogens with one attached hydrogen (secondary N) is 2. The number of aromatic nitrogens is 3. The molecule has 0 spiro atoms. The summed E-state index contributed by atoms with van der Waals surface area (Å²) < 4.78 is 5.51. The Balaban J connectivity index is 1.67. The number of morpholine rings is 1. The number of aliphatic hydroxyl groups is 1.